The van der Waals surface area contributed by atoms with E-state index in [9.17, 15) is 18.0 Å². The maximum Gasteiger partial charge on any atom is 0.416 e. The Balaban J connectivity index is 1.98. The molecule has 0 aliphatic rings. The number of ether oxygens (including phenoxy) is 1. The van der Waals surface area contributed by atoms with E-state index in [4.69, 9.17) is 10.5 Å². The van der Waals surface area contributed by atoms with Crippen LogP contribution in [0.2, 0.25) is 0 Å². The third-order valence-electron chi connectivity index (χ3n) is 3.52. The van der Waals surface area contributed by atoms with Gasteiger partial charge < -0.3 is 10.5 Å². The standard InChI is InChI=1S/C17H13F3N4O2/c1-24-7-6-14(23-24)13-8-10(15(21)25)9-22-16(13)26-12-4-2-11(3-5-12)17(18,19)20/h2-9H,1H3,(H2,21,25). The summed E-state index contributed by atoms with van der Waals surface area (Å²) in [5.74, 6) is -0.418. The van der Waals surface area contributed by atoms with Gasteiger partial charge in [0.2, 0.25) is 11.8 Å². The molecular weight excluding hydrogens is 349 g/mol. The van der Waals surface area contributed by atoms with Crippen molar-refractivity contribution in [2.24, 2.45) is 12.8 Å². The number of nitrogens with zero attached hydrogens (tertiary/aromatic N) is 3. The Morgan fingerprint density at radius 2 is 1.88 bits per heavy atom. The van der Waals surface area contributed by atoms with E-state index in [2.05, 4.69) is 10.1 Å². The second kappa shape index (κ2) is 6.51. The van der Waals surface area contributed by atoms with Gasteiger partial charge in [0.25, 0.3) is 0 Å². The number of alkyl halides is 3. The second-order valence-electron chi connectivity index (χ2n) is 5.44. The number of aromatic nitrogens is 3. The number of halogens is 3. The largest absolute Gasteiger partial charge is 0.438 e. The number of primary amides is 1. The van der Waals surface area contributed by atoms with Crippen molar-refractivity contribution in [3.63, 3.8) is 0 Å². The molecule has 0 unspecified atom stereocenters. The molecular formula is C17H13F3N4O2. The molecule has 0 radical (unpaired) electrons. The maximum absolute atomic E-state index is 12.6. The number of nitrogens with two attached hydrogens (primary N) is 1. The van der Waals surface area contributed by atoms with Crippen molar-refractivity contribution in [2.75, 3.05) is 0 Å². The van der Waals surface area contributed by atoms with Crippen LogP contribution in [-0.4, -0.2) is 20.7 Å². The Labute approximate surface area is 146 Å². The maximum atomic E-state index is 12.6. The van der Waals surface area contributed by atoms with E-state index in [-0.39, 0.29) is 17.2 Å². The zero-order valence-corrected chi connectivity index (χ0v) is 13.5. The summed E-state index contributed by atoms with van der Waals surface area (Å²) in [5, 5.41) is 4.23. The van der Waals surface area contributed by atoms with Crippen molar-refractivity contribution in [3.8, 4) is 22.9 Å². The van der Waals surface area contributed by atoms with Gasteiger partial charge in [-0.3, -0.25) is 9.48 Å². The summed E-state index contributed by atoms with van der Waals surface area (Å²) in [6.07, 6.45) is -1.51. The van der Waals surface area contributed by atoms with Crippen molar-refractivity contribution in [3.05, 3.63) is 59.9 Å². The Morgan fingerprint density at radius 1 is 1.19 bits per heavy atom. The quantitative estimate of drug-likeness (QED) is 0.771. The first-order valence-corrected chi connectivity index (χ1v) is 7.39. The molecule has 9 heteroatoms. The normalized spacial score (nSPS) is 11.4. The minimum Gasteiger partial charge on any atom is -0.438 e. The van der Waals surface area contributed by atoms with Gasteiger partial charge in [-0.1, -0.05) is 0 Å². The van der Waals surface area contributed by atoms with Crippen LogP contribution in [0.1, 0.15) is 15.9 Å². The molecule has 6 nitrogen and oxygen atoms in total. The highest BCUT2D eigenvalue weighted by atomic mass is 19.4. The third kappa shape index (κ3) is 3.66. The fourth-order valence-corrected chi connectivity index (χ4v) is 2.23. The highest BCUT2D eigenvalue weighted by Gasteiger charge is 2.30. The van der Waals surface area contributed by atoms with E-state index < -0.39 is 17.6 Å². The van der Waals surface area contributed by atoms with Crippen LogP contribution in [-0.2, 0) is 13.2 Å². The fourth-order valence-electron chi connectivity index (χ4n) is 2.23. The van der Waals surface area contributed by atoms with Crippen LogP contribution in [0.3, 0.4) is 0 Å². The van der Waals surface area contributed by atoms with E-state index in [1.54, 1.807) is 24.0 Å². The van der Waals surface area contributed by atoms with Crippen molar-refractivity contribution < 1.29 is 22.7 Å². The molecule has 0 saturated carbocycles. The predicted octanol–water partition coefficient (Wildman–Crippen LogP) is 3.39. The third-order valence-corrected chi connectivity index (χ3v) is 3.52. The molecule has 0 saturated heterocycles. The van der Waals surface area contributed by atoms with Gasteiger partial charge in [0, 0.05) is 19.4 Å². The number of hydrogen-bond acceptors (Lipinski definition) is 4. The van der Waals surface area contributed by atoms with Crippen LogP contribution >= 0.6 is 0 Å². The number of hydrogen-bond donors (Lipinski definition) is 1. The number of rotatable bonds is 4. The molecule has 1 aromatic carbocycles. The SMILES string of the molecule is Cn1ccc(-c2cc(C(N)=O)cnc2Oc2ccc(C(F)(F)F)cc2)n1. The second-order valence-corrected chi connectivity index (χ2v) is 5.44. The number of aryl methyl sites for hydroxylation is 1. The van der Waals surface area contributed by atoms with Gasteiger partial charge in [0.1, 0.15) is 5.75 Å². The number of amides is 1. The molecule has 0 fully saturated rings. The van der Waals surface area contributed by atoms with Crippen LogP contribution in [0, 0.1) is 0 Å². The molecule has 26 heavy (non-hydrogen) atoms. The van der Waals surface area contributed by atoms with Crippen molar-refractivity contribution in [2.45, 2.75) is 6.18 Å². The molecule has 0 spiro atoms. The molecule has 2 N–H and O–H groups in total. The monoisotopic (exact) mass is 362 g/mol. The summed E-state index contributed by atoms with van der Waals surface area (Å²) >= 11 is 0. The molecule has 0 aliphatic carbocycles. The van der Waals surface area contributed by atoms with Gasteiger partial charge in [-0.15, -0.1) is 0 Å². The van der Waals surface area contributed by atoms with Crippen molar-refractivity contribution >= 4 is 5.91 Å². The lowest BCUT2D eigenvalue weighted by Crippen LogP contribution is -2.11. The number of pyridine rings is 1. The first-order chi connectivity index (χ1) is 12.2. The zero-order chi connectivity index (χ0) is 18.9. The molecule has 0 aliphatic heterocycles. The summed E-state index contributed by atoms with van der Waals surface area (Å²) in [7, 11) is 1.71. The van der Waals surface area contributed by atoms with Gasteiger partial charge in [0.05, 0.1) is 22.4 Å². The minimum absolute atomic E-state index is 0.0912. The van der Waals surface area contributed by atoms with Crippen LogP contribution < -0.4 is 10.5 Å². The molecule has 2 heterocycles. The highest BCUT2D eigenvalue weighted by molar-refractivity contribution is 5.94. The molecule has 0 bridgehead atoms. The predicted molar refractivity (Wildman–Crippen MR) is 86.5 cm³/mol. The average molecular weight is 362 g/mol. The van der Waals surface area contributed by atoms with Crippen LogP contribution in [0.15, 0.2) is 48.8 Å². The van der Waals surface area contributed by atoms with Crippen LogP contribution in [0.25, 0.3) is 11.3 Å². The fraction of sp³-hybridized carbons (Fsp3) is 0.118. The smallest absolute Gasteiger partial charge is 0.416 e. The van der Waals surface area contributed by atoms with E-state index in [1.807, 2.05) is 0 Å². The van der Waals surface area contributed by atoms with E-state index in [0.29, 0.717) is 11.3 Å². The molecule has 1 amide bonds. The van der Waals surface area contributed by atoms with Crippen molar-refractivity contribution in [1.29, 1.82) is 0 Å². The van der Waals surface area contributed by atoms with Gasteiger partial charge >= 0.3 is 6.18 Å². The molecule has 2 aromatic heterocycles. The summed E-state index contributed by atoms with van der Waals surface area (Å²) in [6, 6.07) is 7.35. The Morgan fingerprint density at radius 3 is 2.42 bits per heavy atom. The van der Waals surface area contributed by atoms with Gasteiger partial charge in [-0.25, -0.2) is 4.98 Å². The summed E-state index contributed by atoms with van der Waals surface area (Å²) in [6.45, 7) is 0. The van der Waals surface area contributed by atoms with E-state index in [0.717, 1.165) is 12.1 Å². The highest BCUT2D eigenvalue weighted by Crippen LogP contribution is 2.34. The van der Waals surface area contributed by atoms with Crippen LogP contribution in [0.5, 0.6) is 11.6 Å². The van der Waals surface area contributed by atoms with E-state index >= 15 is 0 Å². The van der Waals surface area contributed by atoms with Crippen molar-refractivity contribution in [1.82, 2.24) is 14.8 Å². The number of benzene rings is 1. The Bertz CT molecular complexity index is 949. The lowest BCUT2D eigenvalue weighted by atomic mass is 10.1. The minimum atomic E-state index is -4.43. The van der Waals surface area contributed by atoms with Gasteiger partial charge in [0.15, 0.2) is 0 Å². The Kier molecular flexibility index (Phi) is 4.37. The lowest BCUT2D eigenvalue weighted by molar-refractivity contribution is -0.137. The molecule has 134 valence electrons. The van der Waals surface area contributed by atoms with Crippen LogP contribution in [0.4, 0.5) is 13.2 Å². The molecule has 3 rings (SSSR count). The average Bonchev–Trinajstić information content (AvgIpc) is 3.01. The number of carbonyl (C=O) groups is 1. The zero-order valence-electron chi connectivity index (χ0n) is 13.5. The molecule has 3 aromatic rings. The lowest BCUT2D eigenvalue weighted by Gasteiger charge is -2.11. The summed E-state index contributed by atoms with van der Waals surface area (Å²) in [5.41, 5.74) is 5.51. The van der Waals surface area contributed by atoms with Gasteiger partial charge in [-0.05, 0) is 36.4 Å². The van der Waals surface area contributed by atoms with Gasteiger partial charge in [-0.2, -0.15) is 18.3 Å². The first kappa shape index (κ1) is 17.5. The summed E-state index contributed by atoms with van der Waals surface area (Å²) in [4.78, 5) is 15.5. The number of carbonyl (C=O) groups excluding carboxylic acids is 1. The Hall–Kier alpha value is -3.36. The summed E-state index contributed by atoms with van der Waals surface area (Å²) < 4.78 is 45.1. The van der Waals surface area contributed by atoms with E-state index in [1.165, 1.54) is 24.4 Å². The first-order valence-electron chi connectivity index (χ1n) is 7.39. The topological polar surface area (TPSA) is 83.0 Å². The molecule has 0 atom stereocenters.